The van der Waals surface area contributed by atoms with E-state index in [2.05, 4.69) is 6.58 Å². The predicted octanol–water partition coefficient (Wildman–Crippen LogP) is 3.34. The number of alkyl halides is 3. The quantitative estimate of drug-likeness (QED) is 0.669. The number of halogens is 3. The Kier molecular flexibility index (Phi) is 5.12. The van der Waals surface area contributed by atoms with Gasteiger partial charge in [-0.05, 0) is 24.6 Å². The number of carboxylic acid groups (broad SMARTS) is 1. The van der Waals surface area contributed by atoms with Crippen molar-refractivity contribution in [1.82, 2.24) is 0 Å². The highest BCUT2D eigenvalue weighted by Gasteiger charge is 2.30. The number of hydrogen-bond donors (Lipinski definition) is 1. The van der Waals surface area contributed by atoms with Gasteiger partial charge in [-0.1, -0.05) is 18.7 Å². The van der Waals surface area contributed by atoms with E-state index in [0.29, 0.717) is 5.56 Å². The molecule has 0 fully saturated rings. The van der Waals surface area contributed by atoms with Crippen LogP contribution in [0.5, 0.6) is 0 Å². The zero-order chi connectivity index (χ0) is 16.2. The number of hydrogen-bond acceptors (Lipinski definition) is 3. The van der Waals surface area contributed by atoms with Gasteiger partial charge in [-0.3, -0.25) is 4.79 Å². The third-order valence-corrected chi connectivity index (χ3v) is 2.68. The maximum atomic E-state index is 12.4. The summed E-state index contributed by atoms with van der Waals surface area (Å²) >= 11 is 0. The Morgan fingerprint density at radius 1 is 1.29 bits per heavy atom. The third-order valence-electron chi connectivity index (χ3n) is 2.68. The van der Waals surface area contributed by atoms with E-state index in [-0.39, 0.29) is 5.57 Å². The molecule has 0 saturated heterocycles. The number of carboxylic acids is 1. The summed E-state index contributed by atoms with van der Waals surface area (Å²) in [6, 6.07) is 4.17. The Labute approximate surface area is 118 Å². The van der Waals surface area contributed by atoms with E-state index in [1.807, 2.05) is 0 Å². The molecule has 1 aromatic carbocycles. The van der Waals surface area contributed by atoms with Gasteiger partial charge in [0.2, 0.25) is 0 Å². The van der Waals surface area contributed by atoms with Crippen molar-refractivity contribution < 1.29 is 32.6 Å². The van der Waals surface area contributed by atoms with Crippen molar-refractivity contribution >= 4 is 11.9 Å². The fourth-order valence-corrected chi connectivity index (χ4v) is 1.50. The van der Waals surface area contributed by atoms with Crippen molar-refractivity contribution in [2.75, 3.05) is 0 Å². The minimum absolute atomic E-state index is 0.320. The van der Waals surface area contributed by atoms with Crippen LogP contribution in [0.25, 0.3) is 0 Å². The summed E-state index contributed by atoms with van der Waals surface area (Å²) < 4.78 is 42.1. The Morgan fingerprint density at radius 3 is 2.24 bits per heavy atom. The van der Waals surface area contributed by atoms with Crippen molar-refractivity contribution in [3.63, 3.8) is 0 Å². The van der Waals surface area contributed by atoms with Crippen LogP contribution in [-0.2, 0) is 20.5 Å². The first-order chi connectivity index (χ1) is 9.61. The summed E-state index contributed by atoms with van der Waals surface area (Å²) in [4.78, 5) is 21.9. The van der Waals surface area contributed by atoms with E-state index in [1.165, 1.54) is 19.1 Å². The average molecular weight is 302 g/mol. The fourth-order valence-electron chi connectivity index (χ4n) is 1.50. The van der Waals surface area contributed by atoms with Crippen LogP contribution in [0.3, 0.4) is 0 Å². The molecule has 0 radical (unpaired) electrons. The highest BCUT2D eigenvalue weighted by atomic mass is 19.4. The summed E-state index contributed by atoms with van der Waals surface area (Å²) in [6.07, 6.45) is -5.71. The summed E-state index contributed by atoms with van der Waals surface area (Å²) in [5, 5.41) is 8.57. The minimum Gasteiger partial charge on any atom is -0.478 e. The molecule has 1 aromatic rings. The average Bonchev–Trinajstić information content (AvgIpc) is 2.37. The van der Waals surface area contributed by atoms with Gasteiger partial charge in [0.15, 0.2) is 0 Å². The van der Waals surface area contributed by atoms with Gasteiger partial charge in [-0.25, -0.2) is 4.79 Å². The Bertz CT molecular complexity index is 546. The predicted molar refractivity (Wildman–Crippen MR) is 67.3 cm³/mol. The molecule has 7 heteroatoms. The molecule has 0 heterocycles. The van der Waals surface area contributed by atoms with Gasteiger partial charge in [0.25, 0.3) is 0 Å². The van der Waals surface area contributed by atoms with E-state index in [1.54, 1.807) is 0 Å². The molecule has 114 valence electrons. The monoisotopic (exact) mass is 302 g/mol. The van der Waals surface area contributed by atoms with E-state index in [4.69, 9.17) is 9.84 Å². The van der Waals surface area contributed by atoms with E-state index in [0.717, 1.165) is 12.1 Å². The van der Waals surface area contributed by atoms with Gasteiger partial charge < -0.3 is 9.84 Å². The number of carbonyl (C=O) groups excluding carboxylic acids is 1. The number of rotatable bonds is 5. The van der Waals surface area contributed by atoms with Gasteiger partial charge >= 0.3 is 18.1 Å². The number of carbonyl (C=O) groups is 2. The van der Waals surface area contributed by atoms with Crippen LogP contribution in [0, 0.1) is 0 Å². The molecule has 4 nitrogen and oxygen atoms in total. The molecular formula is C14H13F3O4. The molecule has 1 N–H and O–H groups in total. The van der Waals surface area contributed by atoms with Crippen molar-refractivity contribution in [2.45, 2.75) is 25.6 Å². The molecule has 21 heavy (non-hydrogen) atoms. The Balaban J connectivity index is 2.68. The first kappa shape index (κ1) is 16.7. The largest absolute Gasteiger partial charge is 0.478 e. The Hall–Kier alpha value is -2.31. The highest BCUT2D eigenvalue weighted by Crippen LogP contribution is 2.30. The Morgan fingerprint density at radius 2 is 1.81 bits per heavy atom. The van der Waals surface area contributed by atoms with Gasteiger partial charge in [0, 0.05) is 5.57 Å². The number of benzene rings is 1. The molecule has 1 atom stereocenters. The summed E-state index contributed by atoms with van der Waals surface area (Å²) in [5.41, 5.74) is -0.749. The zero-order valence-corrected chi connectivity index (χ0v) is 11.1. The molecular weight excluding hydrogens is 289 g/mol. The lowest BCUT2D eigenvalue weighted by Crippen LogP contribution is -2.12. The SMILES string of the molecule is C=C(CC(=O)O[C@H](C)c1ccc(C(F)(F)F)cc1)C(=O)O. The van der Waals surface area contributed by atoms with Crippen LogP contribution >= 0.6 is 0 Å². The van der Waals surface area contributed by atoms with Crippen molar-refractivity contribution in [3.8, 4) is 0 Å². The molecule has 0 saturated carbocycles. The molecule has 0 spiro atoms. The summed E-state index contributed by atoms with van der Waals surface area (Å²) in [6.45, 7) is 4.66. The molecule has 0 amide bonds. The lowest BCUT2D eigenvalue weighted by atomic mass is 10.1. The van der Waals surface area contributed by atoms with Crippen molar-refractivity contribution in [3.05, 3.63) is 47.5 Å². The molecule has 0 unspecified atom stereocenters. The standard InChI is InChI=1S/C14H13F3O4/c1-8(13(19)20)7-12(18)21-9(2)10-3-5-11(6-4-10)14(15,16)17/h3-6,9H,1,7H2,2H3,(H,19,20)/t9-/m1/s1. The molecule has 1 rings (SSSR count). The second kappa shape index (κ2) is 6.43. The molecule has 0 bridgehead atoms. The lowest BCUT2D eigenvalue weighted by molar-refractivity contribution is -0.149. The third kappa shape index (κ3) is 4.94. The first-order valence-corrected chi connectivity index (χ1v) is 5.89. The first-order valence-electron chi connectivity index (χ1n) is 5.89. The maximum Gasteiger partial charge on any atom is 0.416 e. The van der Waals surface area contributed by atoms with Crippen LogP contribution in [0.2, 0.25) is 0 Å². The summed E-state index contributed by atoms with van der Waals surface area (Å²) in [7, 11) is 0. The second-order valence-electron chi connectivity index (χ2n) is 4.34. The van der Waals surface area contributed by atoms with Crippen LogP contribution in [0.1, 0.15) is 30.6 Å². The van der Waals surface area contributed by atoms with E-state index >= 15 is 0 Å². The fraction of sp³-hybridized carbons (Fsp3) is 0.286. The lowest BCUT2D eigenvalue weighted by Gasteiger charge is -2.14. The molecule has 0 aliphatic rings. The van der Waals surface area contributed by atoms with Gasteiger partial charge in [0.1, 0.15) is 6.10 Å². The zero-order valence-electron chi connectivity index (χ0n) is 11.1. The second-order valence-corrected chi connectivity index (χ2v) is 4.34. The van der Waals surface area contributed by atoms with Crippen LogP contribution < -0.4 is 0 Å². The van der Waals surface area contributed by atoms with E-state index in [9.17, 15) is 22.8 Å². The van der Waals surface area contributed by atoms with Crippen LogP contribution in [0.4, 0.5) is 13.2 Å². The molecule has 0 aromatic heterocycles. The topological polar surface area (TPSA) is 63.6 Å². The number of ether oxygens (including phenoxy) is 1. The van der Waals surface area contributed by atoms with Crippen molar-refractivity contribution in [2.24, 2.45) is 0 Å². The van der Waals surface area contributed by atoms with Gasteiger partial charge in [-0.2, -0.15) is 13.2 Å². The highest BCUT2D eigenvalue weighted by molar-refractivity contribution is 5.91. The molecule has 0 aliphatic heterocycles. The maximum absolute atomic E-state index is 12.4. The number of esters is 1. The van der Waals surface area contributed by atoms with E-state index < -0.39 is 36.2 Å². The normalized spacial score (nSPS) is 12.6. The number of aliphatic carboxylic acids is 1. The van der Waals surface area contributed by atoms with Gasteiger partial charge in [-0.15, -0.1) is 0 Å². The van der Waals surface area contributed by atoms with Crippen molar-refractivity contribution in [1.29, 1.82) is 0 Å². The summed E-state index contributed by atoms with van der Waals surface area (Å²) in [5.74, 6) is -2.12. The van der Waals surface area contributed by atoms with Crippen LogP contribution in [-0.4, -0.2) is 17.0 Å². The van der Waals surface area contributed by atoms with Gasteiger partial charge in [0.05, 0.1) is 12.0 Å². The molecule has 0 aliphatic carbocycles. The smallest absolute Gasteiger partial charge is 0.416 e. The minimum atomic E-state index is -4.43. The van der Waals surface area contributed by atoms with Crippen LogP contribution in [0.15, 0.2) is 36.4 Å².